The molecule has 1 aliphatic carbocycles. The lowest BCUT2D eigenvalue weighted by Crippen LogP contribution is -2.27. The summed E-state index contributed by atoms with van der Waals surface area (Å²) >= 11 is 0. The van der Waals surface area contributed by atoms with Crippen LogP contribution >= 0.6 is 0 Å². The summed E-state index contributed by atoms with van der Waals surface area (Å²) in [6.45, 7) is 2.55. The van der Waals surface area contributed by atoms with Gasteiger partial charge < -0.3 is 0 Å². The molecule has 3 aromatic carbocycles. The number of hydroxylamine groups is 2. The Kier molecular flexibility index (Phi) is 7.16. The maximum Gasteiger partial charge on any atom is 0.261 e. The number of tetrazole rings is 1. The van der Waals surface area contributed by atoms with E-state index in [2.05, 4.69) is 51.8 Å². The molecule has 2 fully saturated rings. The minimum Gasteiger partial charge on any atom is -0.299 e. The molecule has 1 aliphatic heterocycles. The number of aromatic nitrogens is 6. The van der Waals surface area contributed by atoms with Crippen molar-refractivity contribution < 1.29 is 9.63 Å². The molecule has 5 aromatic rings. The van der Waals surface area contributed by atoms with Crippen LogP contribution in [0.5, 0.6) is 0 Å². The first-order valence-electron chi connectivity index (χ1n) is 14.9. The van der Waals surface area contributed by atoms with Gasteiger partial charge in [-0.2, -0.15) is 10.3 Å². The number of hydrogen-bond acceptors (Lipinski definition) is 8. The second-order valence-electron chi connectivity index (χ2n) is 11.4. The summed E-state index contributed by atoms with van der Waals surface area (Å²) in [5, 5.41) is 16.9. The molecule has 1 saturated heterocycles. The predicted octanol–water partition coefficient (Wildman–Crippen LogP) is 4.90. The van der Waals surface area contributed by atoms with Gasteiger partial charge in [-0.25, -0.2) is 4.98 Å². The minimum atomic E-state index is -0.208. The highest BCUT2D eigenvalue weighted by Gasteiger charge is 2.50. The Labute approximate surface area is 248 Å². The first-order chi connectivity index (χ1) is 21.0. The lowest BCUT2D eigenvalue weighted by molar-refractivity contribution is -0.145. The number of fused-ring (bicyclic) bond motifs is 2. The molecule has 7 rings (SSSR count). The number of benzene rings is 3. The van der Waals surface area contributed by atoms with Crippen LogP contribution < -0.4 is 5.56 Å². The summed E-state index contributed by atoms with van der Waals surface area (Å²) in [4.78, 5) is 37.8. The molecule has 218 valence electrons. The van der Waals surface area contributed by atoms with E-state index >= 15 is 0 Å². The zero-order valence-corrected chi connectivity index (χ0v) is 24.2. The fourth-order valence-corrected chi connectivity index (χ4v) is 6.59. The second kappa shape index (κ2) is 11.3. The molecular weight excluding hydrogens is 542 g/mol. The van der Waals surface area contributed by atoms with E-state index in [1.54, 1.807) is 5.06 Å². The van der Waals surface area contributed by atoms with Gasteiger partial charge in [-0.15, -0.1) is 10.2 Å². The Bertz CT molecular complexity index is 1850. The number of H-pyrrole nitrogens is 1. The highest BCUT2D eigenvalue weighted by molar-refractivity contribution is 5.86. The van der Waals surface area contributed by atoms with Crippen molar-refractivity contribution in [3.63, 3.8) is 0 Å². The third-order valence-electron chi connectivity index (χ3n) is 8.75. The lowest BCUT2D eigenvalue weighted by Gasteiger charge is -2.22. The van der Waals surface area contributed by atoms with Crippen LogP contribution in [0.1, 0.15) is 55.6 Å². The Morgan fingerprint density at radius 3 is 2.60 bits per heavy atom. The molecule has 10 nitrogen and oxygen atoms in total. The van der Waals surface area contributed by atoms with E-state index in [4.69, 9.17) is 9.82 Å². The molecule has 0 bridgehead atoms. The summed E-state index contributed by atoms with van der Waals surface area (Å²) in [6.07, 6.45) is 3.87. The molecule has 43 heavy (non-hydrogen) atoms. The molecule has 3 heterocycles. The summed E-state index contributed by atoms with van der Waals surface area (Å²) in [5.74, 6) is 1.35. The minimum absolute atomic E-state index is 0.0691. The Hall–Kier alpha value is -4.54. The normalized spacial score (nSPS) is 20.2. The summed E-state index contributed by atoms with van der Waals surface area (Å²) in [6, 6.07) is 21.8. The van der Waals surface area contributed by atoms with Crippen molar-refractivity contribution >= 4 is 16.7 Å². The van der Waals surface area contributed by atoms with Crippen LogP contribution in [-0.4, -0.2) is 54.2 Å². The molecule has 2 aliphatic rings. The fourth-order valence-electron chi connectivity index (χ4n) is 6.59. The topological polar surface area (TPSA) is 119 Å². The average molecular weight is 576 g/mol. The van der Waals surface area contributed by atoms with Crippen molar-refractivity contribution in [3.8, 4) is 22.5 Å². The van der Waals surface area contributed by atoms with E-state index in [-0.39, 0.29) is 29.4 Å². The molecule has 1 N–H and O–H groups in total. The quantitative estimate of drug-likeness (QED) is 0.278. The molecular formula is C33H33N7O3. The standard InChI is InChI=1S/C33H33N7O3/c1-3-4-9-29-34-26-15-14-22(31-30-27(41)16-17-28(30)43-39(31)2)18-25(26)33(42)40(29)19-20-10-12-21(13-11-20)23-7-5-6-8-24(23)32-35-37-38-36-32/h5-8,10-15,18,28,30-31H,3-4,9,16-17,19H2,1-2H3,(H,35,36,37,38)/t28-,30+,31+/m0/s1. The molecule has 3 atom stereocenters. The van der Waals surface area contributed by atoms with Crippen LogP contribution in [0.15, 0.2) is 71.5 Å². The number of carbonyl (C=O) groups is 1. The first kappa shape index (κ1) is 27.3. The number of nitrogens with one attached hydrogen (secondary N) is 1. The fraction of sp³-hybridized carbons (Fsp3) is 0.333. The van der Waals surface area contributed by atoms with Gasteiger partial charge in [0.1, 0.15) is 11.6 Å². The Morgan fingerprint density at radius 2 is 1.84 bits per heavy atom. The van der Waals surface area contributed by atoms with E-state index in [1.165, 1.54) is 0 Å². The maximum atomic E-state index is 14.1. The van der Waals surface area contributed by atoms with Crippen molar-refractivity contribution in [2.75, 3.05) is 7.05 Å². The highest BCUT2D eigenvalue weighted by Crippen LogP contribution is 2.45. The number of aromatic amines is 1. The van der Waals surface area contributed by atoms with Gasteiger partial charge in [0.25, 0.3) is 5.56 Å². The SMILES string of the molecule is CCCCc1nc2ccc([C@@H]3[C@@H]4C(=O)CC[C@@H]4ON3C)cc2c(=O)n1Cc1ccc(-c2ccccc2-c2nn[nH]n2)cc1. The number of nitrogens with zero attached hydrogens (tertiary/aromatic N) is 6. The number of carbonyl (C=O) groups excluding carboxylic acids is 1. The molecule has 0 spiro atoms. The number of hydrogen-bond donors (Lipinski definition) is 1. The third kappa shape index (κ3) is 4.96. The number of unbranched alkanes of at least 4 members (excludes halogenated alkanes) is 1. The number of Topliss-reactive ketones (excluding diaryl/α,β-unsaturated/α-hetero) is 1. The van der Waals surface area contributed by atoms with Crippen LogP contribution in [0.4, 0.5) is 0 Å². The van der Waals surface area contributed by atoms with Gasteiger partial charge in [-0.05, 0) is 52.4 Å². The predicted molar refractivity (Wildman–Crippen MR) is 162 cm³/mol. The second-order valence-corrected chi connectivity index (χ2v) is 11.4. The van der Waals surface area contributed by atoms with Crippen molar-refractivity contribution in [1.82, 2.24) is 35.2 Å². The smallest absolute Gasteiger partial charge is 0.261 e. The summed E-state index contributed by atoms with van der Waals surface area (Å²) < 4.78 is 1.81. The van der Waals surface area contributed by atoms with Crippen LogP contribution in [0.2, 0.25) is 0 Å². The van der Waals surface area contributed by atoms with Gasteiger partial charge in [0.15, 0.2) is 0 Å². The molecule has 0 unspecified atom stereocenters. The number of aryl methyl sites for hydroxylation is 1. The Morgan fingerprint density at radius 1 is 1.02 bits per heavy atom. The third-order valence-corrected chi connectivity index (χ3v) is 8.75. The number of ketones is 1. The zero-order chi connectivity index (χ0) is 29.5. The van der Waals surface area contributed by atoms with Crippen LogP contribution in [0.3, 0.4) is 0 Å². The monoisotopic (exact) mass is 575 g/mol. The van der Waals surface area contributed by atoms with Crippen LogP contribution in [0.25, 0.3) is 33.4 Å². The van der Waals surface area contributed by atoms with Crippen LogP contribution in [-0.2, 0) is 22.6 Å². The van der Waals surface area contributed by atoms with Gasteiger partial charge in [0.2, 0.25) is 5.82 Å². The van der Waals surface area contributed by atoms with Gasteiger partial charge >= 0.3 is 0 Å². The molecule has 2 aromatic heterocycles. The zero-order valence-electron chi connectivity index (χ0n) is 24.2. The highest BCUT2D eigenvalue weighted by atomic mass is 16.7. The van der Waals surface area contributed by atoms with Gasteiger partial charge in [-0.1, -0.05) is 67.9 Å². The molecule has 0 radical (unpaired) electrons. The van der Waals surface area contributed by atoms with Crippen LogP contribution in [0, 0.1) is 5.92 Å². The number of rotatable bonds is 8. The van der Waals surface area contributed by atoms with Crippen molar-refractivity contribution in [1.29, 1.82) is 0 Å². The molecule has 1 saturated carbocycles. The van der Waals surface area contributed by atoms with Gasteiger partial charge in [0.05, 0.1) is 35.5 Å². The van der Waals surface area contributed by atoms with Gasteiger partial charge in [-0.3, -0.25) is 19.0 Å². The lowest BCUT2D eigenvalue weighted by atomic mass is 9.90. The Balaban J connectivity index is 1.24. The average Bonchev–Trinajstić information content (AvgIpc) is 3.77. The largest absolute Gasteiger partial charge is 0.299 e. The van der Waals surface area contributed by atoms with E-state index in [0.29, 0.717) is 29.7 Å². The van der Waals surface area contributed by atoms with Crippen molar-refractivity contribution in [2.24, 2.45) is 5.92 Å². The van der Waals surface area contributed by atoms with Crippen molar-refractivity contribution in [2.45, 2.75) is 57.7 Å². The molecule has 10 heteroatoms. The first-order valence-corrected chi connectivity index (χ1v) is 14.9. The van der Waals surface area contributed by atoms with E-state index in [9.17, 15) is 9.59 Å². The van der Waals surface area contributed by atoms with E-state index in [1.807, 2.05) is 54.1 Å². The summed E-state index contributed by atoms with van der Waals surface area (Å²) in [5.41, 5.74) is 5.43. The maximum absolute atomic E-state index is 14.1. The molecule has 0 amide bonds. The van der Waals surface area contributed by atoms with E-state index in [0.717, 1.165) is 59.3 Å². The van der Waals surface area contributed by atoms with Crippen molar-refractivity contribution in [3.05, 3.63) is 94.0 Å². The van der Waals surface area contributed by atoms with Gasteiger partial charge in [0, 0.05) is 25.5 Å². The summed E-state index contributed by atoms with van der Waals surface area (Å²) in [7, 11) is 1.87. The van der Waals surface area contributed by atoms with E-state index < -0.39 is 0 Å².